The molecule has 1 fully saturated rings. The Labute approximate surface area is 145 Å². The third-order valence-electron chi connectivity index (χ3n) is 4.96. The number of hydrogen-bond acceptors (Lipinski definition) is 6. The number of aryl methyl sites for hydroxylation is 1. The molecule has 3 atom stereocenters. The van der Waals surface area contributed by atoms with Crippen LogP contribution in [0.2, 0.25) is 0 Å². The zero-order valence-electron chi connectivity index (χ0n) is 14.2. The van der Waals surface area contributed by atoms with Crippen LogP contribution < -0.4 is 4.74 Å². The van der Waals surface area contributed by atoms with Crippen LogP contribution in [0, 0.1) is 12.8 Å². The highest BCUT2D eigenvalue weighted by atomic mass is 16.7. The molecule has 1 aromatic carbocycles. The van der Waals surface area contributed by atoms with Gasteiger partial charge in [0.25, 0.3) is 6.29 Å². The molecule has 0 radical (unpaired) electrons. The molecular weight excluding hydrogens is 324 g/mol. The van der Waals surface area contributed by atoms with E-state index in [-0.39, 0.29) is 12.0 Å². The standard InChI is InChI=1S/C19H18O6/c1-9-4-5-14(22-3)12-7-11-13(19(21)25-17(11)16(9)12)8-23-15-6-10(2)18(20)24-15/h4-6,8,11,15,17H,7H2,1-3H3/b13-8+/t11-,15-,17+/m1/s1. The lowest BCUT2D eigenvalue weighted by molar-refractivity contribution is -0.152. The van der Waals surface area contributed by atoms with Crippen molar-refractivity contribution in [3.63, 3.8) is 0 Å². The van der Waals surface area contributed by atoms with E-state index in [2.05, 4.69) is 0 Å². The molecule has 0 saturated carbocycles. The van der Waals surface area contributed by atoms with E-state index in [0.717, 1.165) is 22.4 Å². The van der Waals surface area contributed by atoms with Gasteiger partial charge >= 0.3 is 11.9 Å². The third kappa shape index (κ3) is 2.40. The van der Waals surface area contributed by atoms with E-state index in [1.807, 2.05) is 19.1 Å². The first kappa shape index (κ1) is 15.7. The average molecular weight is 342 g/mol. The number of cyclic esters (lactones) is 1. The Morgan fingerprint density at radius 2 is 1.96 bits per heavy atom. The van der Waals surface area contributed by atoms with Gasteiger partial charge in [0.15, 0.2) is 0 Å². The summed E-state index contributed by atoms with van der Waals surface area (Å²) in [6.07, 6.45) is 2.47. The molecule has 2 heterocycles. The van der Waals surface area contributed by atoms with Crippen molar-refractivity contribution >= 4 is 11.9 Å². The molecule has 2 aliphatic heterocycles. The molecule has 6 heteroatoms. The van der Waals surface area contributed by atoms with Gasteiger partial charge in [0.1, 0.15) is 11.9 Å². The molecule has 130 valence electrons. The van der Waals surface area contributed by atoms with Crippen LogP contribution in [0.15, 0.2) is 35.6 Å². The largest absolute Gasteiger partial charge is 0.496 e. The third-order valence-corrected chi connectivity index (χ3v) is 4.96. The van der Waals surface area contributed by atoms with Crippen molar-refractivity contribution < 1.29 is 28.5 Å². The maximum Gasteiger partial charge on any atom is 0.338 e. The van der Waals surface area contributed by atoms with E-state index in [4.69, 9.17) is 18.9 Å². The molecular formula is C19H18O6. The first-order valence-corrected chi connectivity index (χ1v) is 8.12. The molecule has 3 aliphatic rings. The Morgan fingerprint density at radius 1 is 1.16 bits per heavy atom. The number of benzene rings is 1. The van der Waals surface area contributed by atoms with Crippen LogP contribution in [-0.4, -0.2) is 25.3 Å². The summed E-state index contributed by atoms with van der Waals surface area (Å²) in [5.74, 6) is -0.133. The van der Waals surface area contributed by atoms with Gasteiger partial charge in [-0.1, -0.05) is 6.07 Å². The molecule has 25 heavy (non-hydrogen) atoms. The van der Waals surface area contributed by atoms with E-state index in [1.165, 1.54) is 6.26 Å². The van der Waals surface area contributed by atoms with Crippen LogP contribution in [0.3, 0.4) is 0 Å². The lowest BCUT2D eigenvalue weighted by Gasteiger charge is -2.13. The van der Waals surface area contributed by atoms with Gasteiger partial charge in [-0.3, -0.25) is 0 Å². The van der Waals surface area contributed by atoms with E-state index in [9.17, 15) is 9.59 Å². The van der Waals surface area contributed by atoms with Crippen molar-refractivity contribution in [3.8, 4) is 5.75 Å². The van der Waals surface area contributed by atoms with Crippen LogP contribution in [0.5, 0.6) is 5.75 Å². The number of rotatable bonds is 3. The van der Waals surface area contributed by atoms with Gasteiger partial charge in [0, 0.05) is 28.7 Å². The van der Waals surface area contributed by atoms with Gasteiger partial charge in [0.05, 0.1) is 18.9 Å². The number of ether oxygens (including phenoxy) is 4. The lowest BCUT2D eigenvalue weighted by Crippen LogP contribution is -2.12. The summed E-state index contributed by atoms with van der Waals surface area (Å²) in [7, 11) is 1.63. The van der Waals surface area contributed by atoms with E-state index < -0.39 is 18.2 Å². The predicted molar refractivity (Wildman–Crippen MR) is 86.6 cm³/mol. The Morgan fingerprint density at radius 3 is 2.64 bits per heavy atom. The quantitative estimate of drug-likeness (QED) is 0.477. The highest BCUT2D eigenvalue weighted by molar-refractivity contribution is 5.92. The molecule has 0 unspecified atom stereocenters. The van der Waals surface area contributed by atoms with Crippen molar-refractivity contribution in [2.24, 2.45) is 5.92 Å². The van der Waals surface area contributed by atoms with Crippen LogP contribution in [0.4, 0.5) is 0 Å². The van der Waals surface area contributed by atoms with Crippen LogP contribution in [0.1, 0.15) is 29.7 Å². The Kier molecular flexibility index (Phi) is 3.56. The van der Waals surface area contributed by atoms with Crippen molar-refractivity contribution in [2.45, 2.75) is 32.7 Å². The highest BCUT2D eigenvalue weighted by Crippen LogP contribution is 2.51. The van der Waals surface area contributed by atoms with E-state index >= 15 is 0 Å². The molecule has 0 bridgehead atoms. The Balaban J connectivity index is 1.61. The zero-order valence-corrected chi connectivity index (χ0v) is 14.2. The monoisotopic (exact) mass is 342 g/mol. The second-order valence-electron chi connectivity index (χ2n) is 6.45. The maximum atomic E-state index is 12.3. The van der Waals surface area contributed by atoms with Gasteiger partial charge < -0.3 is 18.9 Å². The first-order valence-electron chi connectivity index (χ1n) is 8.12. The highest BCUT2D eigenvalue weighted by Gasteiger charge is 2.48. The maximum absolute atomic E-state index is 12.3. The fraction of sp³-hybridized carbons (Fsp3) is 0.368. The lowest BCUT2D eigenvalue weighted by atomic mass is 9.97. The SMILES string of the molecule is COc1ccc(C)c2c1C[C@@H]1/C(=C\O[C@H]3C=C(C)C(=O)O3)C(=O)O[C@H]21. The number of carbonyl (C=O) groups excluding carboxylic acids is 2. The number of fused-ring (bicyclic) bond motifs is 3. The minimum atomic E-state index is -0.799. The van der Waals surface area contributed by atoms with Gasteiger partial charge in [0.2, 0.25) is 0 Å². The summed E-state index contributed by atoms with van der Waals surface area (Å²) in [6.45, 7) is 3.65. The predicted octanol–water partition coefficient (Wildman–Crippen LogP) is 2.50. The summed E-state index contributed by atoms with van der Waals surface area (Å²) >= 11 is 0. The second-order valence-corrected chi connectivity index (χ2v) is 6.45. The average Bonchev–Trinajstić information content (AvgIpc) is 3.19. The number of carbonyl (C=O) groups is 2. The molecule has 4 rings (SSSR count). The summed E-state index contributed by atoms with van der Waals surface area (Å²) in [5, 5.41) is 0. The van der Waals surface area contributed by atoms with Gasteiger partial charge in [-0.25, -0.2) is 9.59 Å². The summed E-state index contributed by atoms with van der Waals surface area (Å²) in [4.78, 5) is 23.7. The molecule has 0 aromatic heterocycles. The number of methoxy groups -OCH3 is 1. The molecule has 0 amide bonds. The Hall–Kier alpha value is -2.76. The molecule has 1 saturated heterocycles. The number of hydrogen-bond donors (Lipinski definition) is 0. The fourth-order valence-electron chi connectivity index (χ4n) is 3.68. The molecule has 0 spiro atoms. The minimum absolute atomic E-state index is 0.125. The van der Waals surface area contributed by atoms with E-state index in [1.54, 1.807) is 20.1 Å². The van der Waals surface area contributed by atoms with Gasteiger partial charge in [-0.2, -0.15) is 0 Å². The topological polar surface area (TPSA) is 71.1 Å². The van der Waals surface area contributed by atoms with Crippen LogP contribution in [0.25, 0.3) is 0 Å². The summed E-state index contributed by atoms with van der Waals surface area (Å²) < 4.78 is 21.5. The van der Waals surface area contributed by atoms with Crippen LogP contribution >= 0.6 is 0 Å². The van der Waals surface area contributed by atoms with Crippen molar-refractivity contribution in [1.29, 1.82) is 0 Å². The molecule has 1 aliphatic carbocycles. The van der Waals surface area contributed by atoms with Crippen molar-refractivity contribution in [1.82, 2.24) is 0 Å². The van der Waals surface area contributed by atoms with Gasteiger partial charge in [-0.05, 0) is 31.9 Å². The first-order chi connectivity index (χ1) is 12.0. The molecule has 0 N–H and O–H groups in total. The zero-order chi connectivity index (χ0) is 17.7. The van der Waals surface area contributed by atoms with Crippen molar-refractivity contribution in [2.75, 3.05) is 7.11 Å². The minimum Gasteiger partial charge on any atom is -0.496 e. The number of esters is 2. The molecule has 6 nitrogen and oxygen atoms in total. The smallest absolute Gasteiger partial charge is 0.338 e. The van der Waals surface area contributed by atoms with Crippen LogP contribution in [-0.2, 0) is 30.2 Å². The van der Waals surface area contributed by atoms with Crippen molar-refractivity contribution in [3.05, 3.63) is 52.3 Å². The van der Waals surface area contributed by atoms with E-state index in [0.29, 0.717) is 17.6 Å². The summed E-state index contributed by atoms with van der Waals surface area (Å²) in [5.41, 5.74) is 4.10. The Bertz CT molecular complexity index is 835. The summed E-state index contributed by atoms with van der Waals surface area (Å²) in [6, 6.07) is 3.90. The fourth-order valence-corrected chi connectivity index (χ4v) is 3.68. The molecule has 1 aromatic rings. The second kappa shape index (κ2) is 5.65. The van der Waals surface area contributed by atoms with Gasteiger partial charge in [-0.15, -0.1) is 0 Å². The normalized spacial score (nSPS) is 28.4.